The molecule has 4 rings (SSSR count). The van der Waals surface area contributed by atoms with Gasteiger partial charge in [-0.1, -0.05) is 60.0 Å². The first-order valence-corrected chi connectivity index (χ1v) is 11.9. The van der Waals surface area contributed by atoms with Crippen LogP contribution in [-0.2, 0) is 18.3 Å². The third kappa shape index (κ3) is 6.40. The van der Waals surface area contributed by atoms with Gasteiger partial charge in [-0.15, -0.1) is 6.42 Å². The number of terminal acetylenes is 1. The molecule has 0 spiro atoms. The predicted molar refractivity (Wildman–Crippen MR) is 134 cm³/mol. The lowest BCUT2D eigenvalue weighted by atomic mass is 10.1. The molecule has 1 atom stereocenters. The molecule has 0 saturated heterocycles. The smallest absolute Gasteiger partial charge is 0.222 e. The number of aryl methyl sites for hydroxylation is 1. The van der Waals surface area contributed by atoms with Crippen molar-refractivity contribution >= 4 is 11.6 Å². The van der Waals surface area contributed by atoms with Crippen molar-refractivity contribution in [3.63, 3.8) is 0 Å². The first-order valence-electron chi connectivity index (χ1n) is 11.5. The molecule has 6 nitrogen and oxygen atoms in total. The minimum absolute atomic E-state index is 0.191. The van der Waals surface area contributed by atoms with Crippen molar-refractivity contribution < 1.29 is 14.6 Å². The fourth-order valence-corrected chi connectivity index (χ4v) is 4.15. The molecule has 0 amide bonds. The standard InChI is InChI=1S/C27H30ClN3O3/c1-3-15-33-19-22(32)17-31(16-20-13-14-20)18-23-26(21-9-5-4-6-10-21)29-30(2)27(23)34-25-12-8-7-11-24(25)28/h1,4-12,20,22,32H,13-19H2,2H3/t22-/m1/s1. The molecule has 1 saturated carbocycles. The lowest BCUT2D eigenvalue weighted by Gasteiger charge is -2.25. The molecule has 1 fully saturated rings. The van der Waals surface area contributed by atoms with Gasteiger partial charge in [0.15, 0.2) is 0 Å². The molecule has 1 heterocycles. The number of rotatable bonds is 12. The molecule has 0 aliphatic heterocycles. The summed E-state index contributed by atoms with van der Waals surface area (Å²) in [5.41, 5.74) is 2.81. The number of hydrogen-bond acceptors (Lipinski definition) is 5. The SMILES string of the molecule is C#CCOC[C@H](O)CN(Cc1c(-c2ccccc2)nn(C)c1Oc1ccccc1Cl)CC1CC1. The lowest BCUT2D eigenvalue weighted by Crippen LogP contribution is -2.36. The maximum absolute atomic E-state index is 10.6. The van der Waals surface area contributed by atoms with Gasteiger partial charge in [0.2, 0.25) is 5.88 Å². The summed E-state index contributed by atoms with van der Waals surface area (Å²) in [6, 6.07) is 17.5. The fraction of sp³-hybridized carbons (Fsp3) is 0.370. The van der Waals surface area contributed by atoms with Gasteiger partial charge in [-0.25, -0.2) is 4.68 Å². The van der Waals surface area contributed by atoms with Crippen LogP contribution >= 0.6 is 11.6 Å². The highest BCUT2D eigenvalue weighted by molar-refractivity contribution is 6.32. The first-order chi connectivity index (χ1) is 16.5. The molecule has 1 aliphatic carbocycles. The highest BCUT2D eigenvalue weighted by atomic mass is 35.5. The number of ether oxygens (including phenoxy) is 2. The van der Waals surface area contributed by atoms with Crippen molar-refractivity contribution in [3.8, 4) is 35.2 Å². The van der Waals surface area contributed by atoms with E-state index in [2.05, 4.69) is 10.8 Å². The molecular formula is C27H30ClN3O3. The molecule has 2 aromatic carbocycles. The van der Waals surface area contributed by atoms with Crippen LogP contribution in [-0.4, -0.2) is 52.2 Å². The van der Waals surface area contributed by atoms with E-state index < -0.39 is 6.10 Å². The van der Waals surface area contributed by atoms with Gasteiger partial charge in [0.1, 0.15) is 18.1 Å². The third-order valence-electron chi connectivity index (χ3n) is 5.74. The Kier molecular flexibility index (Phi) is 8.25. The second-order valence-corrected chi connectivity index (χ2v) is 9.07. The first kappa shape index (κ1) is 24.3. The molecule has 178 valence electrons. The van der Waals surface area contributed by atoms with Gasteiger partial charge in [-0.05, 0) is 30.9 Å². The summed E-state index contributed by atoms with van der Waals surface area (Å²) in [6.07, 6.45) is 7.04. The molecular weight excluding hydrogens is 450 g/mol. The van der Waals surface area contributed by atoms with Crippen LogP contribution in [0.5, 0.6) is 11.6 Å². The molecule has 0 radical (unpaired) electrons. The summed E-state index contributed by atoms with van der Waals surface area (Å²) in [4.78, 5) is 2.25. The lowest BCUT2D eigenvalue weighted by molar-refractivity contribution is 0.0250. The third-order valence-corrected chi connectivity index (χ3v) is 6.05. The summed E-state index contributed by atoms with van der Waals surface area (Å²) in [7, 11) is 1.87. The van der Waals surface area contributed by atoms with E-state index in [1.165, 1.54) is 12.8 Å². The number of nitrogens with zero attached hydrogens (tertiary/aromatic N) is 3. The molecule has 0 bridgehead atoms. The average Bonchev–Trinajstić information content (AvgIpc) is 3.60. The Balaban J connectivity index is 1.65. The number of aliphatic hydroxyl groups excluding tert-OH is 1. The predicted octanol–water partition coefficient (Wildman–Crippen LogP) is 4.76. The molecule has 0 unspecified atom stereocenters. The van der Waals surface area contributed by atoms with Gasteiger partial charge < -0.3 is 14.6 Å². The molecule has 3 aromatic rings. The summed E-state index contributed by atoms with van der Waals surface area (Å²) in [5, 5.41) is 15.9. The van der Waals surface area contributed by atoms with E-state index in [1.54, 1.807) is 10.7 Å². The van der Waals surface area contributed by atoms with Crippen molar-refractivity contribution in [2.45, 2.75) is 25.5 Å². The maximum atomic E-state index is 10.6. The topological polar surface area (TPSA) is 59.8 Å². The number of para-hydroxylation sites is 1. The van der Waals surface area contributed by atoms with E-state index in [1.807, 2.05) is 55.6 Å². The molecule has 7 heteroatoms. The Labute approximate surface area is 206 Å². The Morgan fingerprint density at radius 2 is 1.94 bits per heavy atom. The Hall–Kier alpha value is -2.82. The second kappa shape index (κ2) is 11.5. The van der Waals surface area contributed by atoms with Gasteiger partial charge >= 0.3 is 0 Å². The minimum atomic E-state index is -0.642. The zero-order chi connectivity index (χ0) is 23.9. The van der Waals surface area contributed by atoms with Crippen molar-refractivity contribution in [3.05, 3.63) is 65.2 Å². The molecule has 1 N–H and O–H groups in total. The summed E-state index contributed by atoms with van der Waals surface area (Å²) in [5.74, 6) is 4.28. The second-order valence-electron chi connectivity index (χ2n) is 8.66. The van der Waals surface area contributed by atoms with Crippen molar-refractivity contribution in [2.24, 2.45) is 13.0 Å². The van der Waals surface area contributed by atoms with E-state index in [-0.39, 0.29) is 13.2 Å². The van der Waals surface area contributed by atoms with Crippen LogP contribution in [0.4, 0.5) is 0 Å². The number of halogens is 1. The summed E-state index contributed by atoms with van der Waals surface area (Å²) >= 11 is 6.39. The van der Waals surface area contributed by atoms with Crippen LogP contribution in [0, 0.1) is 18.3 Å². The monoisotopic (exact) mass is 479 g/mol. The van der Waals surface area contributed by atoms with Gasteiger partial charge in [-0.3, -0.25) is 4.90 Å². The van der Waals surface area contributed by atoms with Gasteiger partial charge in [0, 0.05) is 32.2 Å². The quantitative estimate of drug-likeness (QED) is 0.300. The van der Waals surface area contributed by atoms with Gasteiger partial charge in [-0.2, -0.15) is 5.10 Å². The molecule has 1 aliphatic rings. The van der Waals surface area contributed by atoms with Crippen molar-refractivity contribution in [2.75, 3.05) is 26.3 Å². The number of aliphatic hydroxyl groups is 1. The molecule has 1 aromatic heterocycles. The average molecular weight is 480 g/mol. The largest absolute Gasteiger partial charge is 0.437 e. The van der Waals surface area contributed by atoms with Crippen molar-refractivity contribution in [1.82, 2.24) is 14.7 Å². The van der Waals surface area contributed by atoms with E-state index >= 15 is 0 Å². The van der Waals surface area contributed by atoms with Gasteiger partial charge in [0.25, 0.3) is 0 Å². The van der Waals surface area contributed by atoms with E-state index in [9.17, 15) is 5.11 Å². The van der Waals surface area contributed by atoms with Gasteiger partial charge in [0.05, 0.1) is 23.3 Å². The zero-order valence-electron chi connectivity index (χ0n) is 19.4. The van der Waals surface area contributed by atoms with E-state index in [0.29, 0.717) is 35.7 Å². The van der Waals surface area contributed by atoms with E-state index in [4.69, 9.17) is 32.6 Å². The van der Waals surface area contributed by atoms with Crippen LogP contribution < -0.4 is 4.74 Å². The zero-order valence-corrected chi connectivity index (χ0v) is 20.1. The number of aromatic nitrogens is 2. The Bertz CT molecular complexity index is 1120. The van der Waals surface area contributed by atoms with Crippen molar-refractivity contribution in [1.29, 1.82) is 0 Å². The van der Waals surface area contributed by atoms with Crippen LogP contribution in [0.1, 0.15) is 18.4 Å². The number of benzene rings is 2. The van der Waals surface area contributed by atoms with Crippen LogP contribution in [0.15, 0.2) is 54.6 Å². The Morgan fingerprint density at radius 3 is 2.65 bits per heavy atom. The highest BCUT2D eigenvalue weighted by Crippen LogP contribution is 2.37. The Morgan fingerprint density at radius 1 is 1.21 bits per heavy atom. The number of hydrogen-bond donors (Lipinski definition) is 1. The summed E-state index contributed by atoms with van der Waals surface area (Å²) in [6.45, 7) is 2.32. The summed E-state index contributed by atoms with van der Waals surface area (Å²) < 4.78 is 13.4. The molecule has 34 heavy (non-hydrogen) atoms. The van der Waals surface area contributed by atoms with Crippen LogP contribution in [0.25, 0.3) is 11.3 Å². The van der Waals surface area contributed by atoms with Crippen LogP contribution in [0.2, 0.25) is 5.02 Å². The minimum Gasteiger partial charge on any atom is -0.437 e. The van der Waals surface area contributed by atoms with Crippen LogP contribution in [0.3, 0.4) is 0 Å². The highest BCUT2D eigenvalue weighted by Gasteiger charge is 2.28. The van der Waals surface area contributed by atoms with E-state index in [0.717, 1.165) is 23.4 Å². The fourth-order valence-electron chi connectivity index (χ4n) is 3.98. The normalized spacial score (nSPS) is 14.2. The maximum Gasteiger partial charge on any atom is 0.222 e.